The van der Waals surface area contributed by atoms with E-state index in [1.165, 1.54) is 0 Å². The van der Waals surface area contributed by atoms with Crippen molar-refractivity contribution < 1.29 is 23.9 Å². The van der Waals surface area contributed by atoms with Gasteiger partial charge in [0.15, 0.2) is 0 Å². The van der Waals surface area contributed by atoms with Crippen LogP contribution in [0.3, 0.4) is 0 Å². The van der Waals surface area contributed by atoms with Gasteiger partial charge in [0.05, 0.1) is 25.7 Å². The SMILES string of the molecule is CCOC(=O)C1CCCN(C(=O)CCN(C(=O)Nc2cccc(OC)c2)C(C)c2ccccc2)C1. The van der Waals surface area contributed by atoms with Crippen LogP contribution in [0.25, 0.3) is 0 Å². The summed E-state index contributed by atoms with van der Waals surface area (Å²) in [4.78, 5) is 41.9. The van der Waals surface area contributed by atoms with E-state index < -0.39 is 0 Å². The molecule has 3 amide bonds. The summed E-state index contributed by atoms with van der Waals surface area (Å²) >= 11 is 0. The molecule has 2 aromatic carbocycles. The Morgan fingerprint density at radius 1 is 1.14 bits per heavy atom. The number of rotatable bonds is 9. The first-order chi connectivity index (χ1) is 16.9. The van der Waals surface area contributed by atoms with Gasteiger partial charge >= 0.3 is 12.0 Å². The molecule has 2 aromatic rings. The minimum atomic E-state index is -0.301. The Morgan fingerprint density at radius 3 is 2.63 bits per heavy atom. The highest BCUT2D eigenvalue weighted by atomic mass is 16.5. The van der Waals surface area contributed by atoms with E-state index in [0.717, 1.165) is 18.4 Å². The molecule has 0 saturated carbocycles. The van der Waals surface area contributed by atoms with Gasteiger partial charge in [0.25, 0.3) is 0 Å². The number of esters is 1. The number of hydrogen-bond acceptors (Lipinski definition) is 5. The average molecular weight is 482 g/mol. The number of piperidine rings is 1. The molecule has 3 rings (SSSR count). The van der Waals surface area contributed by atoms with Crippen LogP contribution in [-0.2, 0) is 14.3 Å². The highest BCUT2D eigenvalue weighted by Crippen LogP contribution is 2.24. The number of likely N-dealkylation sites (tertiary alicyclic amines) is 1. The molecule has 8 nitrogen and oxygen atoms in total. The highest BCUT2D eigenvalue weighted by molar-refractivity contribution is 5.90. The normalized spacial score (nSPS) is 16.2. The van der Waals surface area contributed by atoms with E-state index in [9.17, 15) is 14.4 Å². The predicted octanol–water partition coefficient (Wildman–Crippen LogP) is 4.48. The molecule has 1 heterocycles. The van der Waals surface area contributed by atoms with Gasteiger partial charge in [0, 0.05) is 37.8 Å². The molecule has 0 radical (unpaired) electrons. The maximum Gasteiger partial charge on any atom is 0.322 e. The largest absolute Gasteiger partial charge is 0.497 e. The molecule has 2 unspecified atom stereocenters. The van der Waals surface area contributed by atoms with E-state index in [0.29, 0.717) is 31.1 Å². The zero-order valence-corrected chi connectivity index (χ0v) is 20.7. The van der Waals surface area contributed by atoms with Crippen LogP contribution < -0.4 is 10.1 Å². The van der Waals surface area contributed by atoms with Crippen LogP contribution in [0.5, 0.6) is 5.75 Å². The third kappa shape index (κ3) is 7.21. The number of amides is 3. The number of urea groups is 1. The van der Waals surface area contributed by atoms with Crippen LogP contribution in [0, 0.1) is 5.92 Å². The maximum atomic E-state index is 13.3. The number of carbonyl (C=O) groups is 3. The van der Waals surface area contributed by atoms with E-state index in [2.05, 4.69) is 5.32 Å². The second-order valence-electron chi connectivity index (χ2n) is 8.62. The Labute approximate surface area is 207 Å². The number of ether oxygens (including phenoxy) is 2. The van der Waals surface area contributed by atoms with Crippen molar-refractivity contribution in [3.63, 3.8) is 0 Å². The number of carbonyl (C=O) groups excluding carboxylic acids is 3. The van der Waals surface area contributed by atoms with Crippen LogP contribution in [0.1, 0.15) is 44.7 Å². The van der Waals surface area contributed by atoms with Crippen molar-refractivity contribution in [1.82, 2.24) is 9.80 Å². The molecule has 8 heteroatoms. The van der Waals surface area contributed by atoms with Gasteiger partial charge in [-0.15, -0.1) is 0 Å². The molecule has 0 bridgehead atoms. The van der Waals surface area contributed by atoms with Gasteiger partial charge in [-0.3, -0.25) is 9.59 Å². The third-order valence-electron chi connectivity index (χ3n) is 6.29. The maximum absolute atomic E-state index is 13.3. The van der Waals surface area contributed by atoms with Crippen molar-refractivity contribution in [3.05, 3.63) is 60.2 Å². The predicted molar refractivity (Wildman–Crippen MR) is 134 cm³/mol. The molecule has 1 saturated heterocycles. The first kappa shape index (κ1) is 26.1. The molecular weight excluding hydrogens is 446 g/mol. The molecular formula is C27H35N3O5. The Balaban J connectivity index is 1.69. The fraction of sp³-hybridized carbons (Fsp3) is 0.444. The van der Waals surface area contributed by atoms with E-state index >= 15 is 0 Å². The molecule has 188 valence electrons. The fourth-order valence-electron chi connectivity index (χ4n) is 4.31. The number of hydrogen-bond donors (Lipinski definition) is 1. The van der Waals surface area contributed by atoms with Gasteiger partial charge in [-0.25, -0.2) is 4.79 Å². The first-order valence-electron chi connectivity index (χ1n) is 12.1. The zero-order chi connectivity index (χ0) is 25.2. The number of methoxy groups -OCH3 is 1. The van der Waals surface area contributed by atoms with E-state index in [-0.39, 0.29) is 42.8 Å². The third-order valence-corrected chi connectivity index (χ3v) is 6.29. The van der Waals surface area contributed by atoms with Crippen molar-refractivity contribution in [3.8, 4) is 5.75 Å². The van der Waals surface area contributed by atoms with Crippen LogP contribution >= 0.6 is 0 Å². The van der Waals surface area contributed by atoms with E-state index in [1.54, 1.807) is 48.1 Å². The number of anilines is 1. The molecule has 0 spiro atoms. The van der Waals surface area contributed by atoms with Crippen molar-refractivity contribution in [2.45, 2.75) is 39.2 Å². The summed E-state index contributed by atoms with van der Waals surface area (Å²) in [6.07, 6.45) is 1.65. The summed E-state index contributed by atoms with van der Waals surface area (Å²) in [5.74, 6) is 0.0330. The van der Waals surface area contributed by atoms with Gasteiger partial charge in [-0.1, -0.05) is 36.4 Å². The van der Waals surface area contributed by atoms with Crippen molar-refractivity contribution >= 4 is 23.6 Å². The lowest BCUT2D eigenvalue weighted by Crippen LogP contribution is -2.45. The van der Waals surface area contributed by atoms with Gasteiger partial charge in [-0.2, -0.15) is 0 Å². The monoisotopic (exact) mass is 481 g/mol. The van der Waals surface area contributed by atoms with Gasteiger partial charge in [0.1, 0.15) is 5.75 Å². The molecule has 35 heavy (non-hydrogen) atoms. The van der Waals surface area contributed by atoms with Crippen LogP contribution in [0.15, 0.2) is 54.6 Å². The molecule has 1 fully saturated rings. The summed E-state index contributed by atoms with van der Waals surface area (Å²) in [5, 5.41) is 2.93. The van der Waals surface area contributed by atoms with E-state index in [1.807, 2.05) is 37.3 Å². The van der Waals surface area contributed by atoms with Gasteiger partial charge in [-0.05, 0) is 44.4 Å². The lowest BCUT2D eigenvalue weighted by Gasteiger charge is -2.33. The van der Waals surface area contributed by atoms with Gasteiger partial charge in [0.2, 0.25) is 5.91 Å². The first-order valence-corrected chi connectivity index (χ1v) is 12.1. The van der Waals surface area contributed by atoms with E-state index in [4.69, 9.17) is 9.47 Å². The second-order valence-corrected chi connectivity index (χ2v) is 8.62. The minimum Gasteiger partial charge on any atom is -0.497 e. The average Bonchev–Trinajstić information content (AvgIpc) is 2.89. The Bertz CT molecular complexity index is 997. The minimum absolute atomic E-state index is 0.0709. The molecule has 1 N–H and O–H groups in total. The molecule has 1 aliphatic rings. The second kappa shape index (κ2) is 12.8. The zero-order valence-electron chi connectivity index (χ0n) is 20.7. The summed E-state index contributed by atoms with van der Waals surface area (Å²) in [5.41, 5.74) is 1.58. The Hall–Kier alpha value is -3.55. The summed E-state index contributed by atoms with van der Waals surface area (Å²) in [6.45, 7) is 5.27. The standard InChI is InChI=1S/C27H35N3O5/c1-4-35-26(32)22-12-9-16-29(19-22)25(31)15-17-30(20(2)21-10-6-5-7-11-21)27(33)28-23-13-8-14-24(18-23)34-3/h5-8,10-11,13-14,18,20,22H,4,9,12,15-17,19H2,1-3H3,(H,28,33). The lowest BCUT2D eigenvalue weighted by atomic mass is 9.98. The summed E-state index contributed by atoms with van der Waals surface area (Å²) in [6, 6.07) is 16.3. The number of nitrogens with one attached hydrogen (secondary N) is 1. The van der Waals surface area contributed by atoms with Crippen LogP contribution in [0.4, 0.5) is 10.5 Å². The lowest BCUT2D eigenvalue weighted by molar-refractivity contribution is -0.151. The van der Waals surface area contributed by atoms with Crippen molar-refractivity contribution in [2.75, 3.05) is 38.7 Å². The molecule has 1 aliphatic heterocycles. The van der Waals surface area contributed by atoms with Crippen LogP contribution in [0.2, 0.25) is 0 Å². The fourth-order valence-corrected chi connectivity index (χ4v) is 4.31. The Morgan fingerprint density at radius 2 is 1.91 bits per heavy atom. The van der Waals surface area contributed by atoms with Crippen LogP contribution in [-0.4, -0.2) is 61.1 Å². The van der Waals surface area contributed by atoms with Gasteiger partial charge < -0.3 is 24.6 Å². The van der Waals surface area contributed by atoms with Crippen molar-refractivity contribution in [2.24, 2.45) is 5.92 Å². The van der Waals surface area contributed by atoms with Crippen molar-refractivity contribution in [1.29, 1.82) is 0 Å². The smallest absolute Gasteiger partial charge is 0.322 e. The molecule has 0 aliphatic carbocycles. The molecule has 0 aromatic heterocycles. The topological polar surface area (TPSA) is 88.2 Å². The summed E-state index contributed by atoms with van der Waals surface area (Å²) < 4.78 is 10.4. The Kier molecular flexibility index (Phi) is 9.52. The number of benzene rings is 2. The number of nitrogens with zero attached hydrogens (tertiary/aromatic N) is 2. The highest BCUT2D eigenvalue weighted by Gasteiger charge is 2.30. The molecule has 2 atom stereocenters. The quantitative estimate of drug-likeness (QED) is 0.534. The summed E-state index contributed by atoms with van der Waals surface area (Å²) in [7, 11) is 1.57.